The molecule has 0 radical (unpaired) electrons. The molecule has 0 amide bonds. The highest BCUT2D eigenvalue weighted by Gasteiger charge is 2.11. The first kappa shape index (κ1) is 45.8. The SMILES string of the molecule is Cc1ccc(OCCC(C)CCC[C@H](C)CCC[C@H](C)CCCC(C)C)cc1OCCC(C)CCC[C@H](C)CCC[C@H](C)CCCC(C)C. The fraction of sp³-hybridized carbons (Fsp3) is 0.872. The minimum absolute atomic E-state index is 0.713. The lowest BCUT2D eigenvalue weighted by Crippen LogP contribution is -2.07. The molecule has 1 aromatic rings. The van der Waals surface area contributed by atoms with Crippen molar-refractivity contribution in [3.05, 3.63) is 23.8 Å². The largest absolute Gasteiger partial charge is 0.493 e. The van der Waals surface area contributed by atoms with Gasteiger partial charge in [-0.1, -0.05) is 191 Å². The van der Waals surface area contributed by atoms with Crippen LogP contribution in [0.4, 0.5) is 0 Å². The van der Waals surface area contributed by atoms with Gasteiger partial charge in [0.25, 0.3) is 0 Å². The third-order valence-electron chi connectivity index (χ3n) is 11.4. The molecule has 0 bridgehead atoms. The number of hydrogen-bond donors (Lipinski definition) is 0. The maximum Gasteiger partial charge on any atom is 0.125 e. The van der Waals surface area contributed by atoms with Crippen LogP contribution in [0.2, 0.25) is 0 Å². The Labute approximate surface area is 309 Å². The molecule has 0 aliphatic carbocycles. The average molecular weight is 685 g/mol. The fourth-order valence-corrected chi connectivity index (χ4v) is 7.45. The quantitative estimate of drug-likeness (QED) is 0.0752. The molecule has 6 atom stereocenters. The third kappa shape index (κ3) is 26.3. The summed E-state index contributed by atoms with van der Waals surface area (Å²) in [6.07, 6.45) is 27.2. The molecule has 0 saturated carbocycles. The summed E-state index contributed by atoms with van der Waals surface area (Å²) >= 11 is 0. The molecule has 0 aliphatic rings. The second kappa shape index (κ2) is 28.4. The van der Waals surface area contributed by atoms with Crippen molar-refractivity contribution < 1.29 is 9.47 Å². The maximum absolute atomic E-state index is 6.28. The van der Waals surface area contributed by atoms with Crippen LogP contribution in [0.1, 0.15) is 203 Å². The van der Waals surface area contributed by atoms with E-state index in [1.807, 2.05) is 0 Å². The van der Waals surface area contributed by atoms with Crippen LogP contribution in [-0.2, 0) is 0 Å². The molecular formula is C47H88O2. The monoisotopic (exact) mass is 685 g/mol. The highest BCUT2D eigenvalue weighted by molar-refractivity contribution is 5.39. The van der Waals surface area contributed by atoms with E-state index in [2.05, 4.69) is 94.4 Å². The minimum Gasteiger partial charge on any atom is -0.493 e. The normalized spacial score (nSPS) is 15.7. The lowest BCUT2D eigenvalue weighted by Gasteiger charge is -2.17. The van der Waals surface area contributed by atoms with E-state index >= 15 is 0 Å². The summed E-state index contributed by atoms with van der Waals surface area (Å²) in [6, 6.07) is 6.38. The van der Waals surface area contributed by atoms with E-state index in [1.54, 1.807) is 0 Å². The van der Waals surface area contributed by atoms with Crippen molar-refractivity contribution in [2.24, 2.45) is 47.3 Å². The maximum atomic E-state index is 6.28. The smallest absolute Gasteiger partial charge is 0.125 e. The Kier molecular flexibility index (Phi) is 26.6. The van der Waals surface area contributed by atoms with Gasteiger partial charge in [-0.05, 0) is 78.7 Å². The highest BCUT2D eigenvalue weighted by Crippen LogP contribution is 2.27. The number of aryl methyl sites for hydroxylation is 1. The molecule has 2 unspecified atom stereocenters. The average Bonchev–Trinajstić information content (AvgIpc) is 3.02. The van der Waals surface area contributed by atoms with Gasteiger partial charge in [-0.15, -0.1) is 0 Å². The third-order valence-corrected chi connectivity index (χ3v) is 11.4. The number of benzene rings is 1. The van der Waals surface area contributed by atoms with Gasteiger partial charge in [-0.3, -0.25) is 0 Å². The molecule has 288 valence electrons. The summed E-state index contributed by atoms with van der Waals surface area (Å²) in [5.41, 5.74) is 1.20. The Morgan fingerprint density at radius 2 is 0.694 bits per heavy atom. The zero-order valence-corrected chi connectivity index (χ0v) is 35.2. The van der Waals surface area contributed by atoms with E-state index < -0.39 is 0 Å². The van der Waals surface area contributed by atoms with Crippen LogP contribution in [0.25, 0.3) is 0 Å². The predicted octanol–water partition coefficient (Wildman–Crippen LogP) is 15.7. The molecular weight excluding hydrogens is 597 g/mol. The molecule has 1 aromatic carbocycles. The second-order valence-corrected chi connectivity index (χ2v) is 18.2. The van der Waals surface area contributed by atoms with E-state index in [4.69, 9.17) is 9.47 Å². The molecule has 0 aromatic heterocycles. The summed E-state index contributed by atoms with van der Waals surface area (Å²) in [4.78, 5) is 0. The van der Waals surface area contributed by atoms with Gasteiger partial charge in [-0.2, -0.15) is 0 Å². The van der Waals surface area contributed by atoms with Crippen molar-refractivity contribution in [2.45, 2.75) is 205 Å². The number of rotatable bonds is 32. The number of hydrogen-bond acceptors (Lipinski definition) is 2. The van der Waals surface area contributed by atoms with Gasteiger partial charge in [0.15, 0.2) is 0 Å². The van der Waals surface area contributed by atoms with Gasteiger partial charge in [0.2, 0.25) is 0 Å². The van der Waals surface area contributed by atoms with E-state index in [-0.39, 0.29) is 0 Å². The van der Waals surface area contributed by atoms with Gasteiger partial charge in [0.05, 0.1) is 13.2 Å². The second-order valence-electron chi connectivity index (χ2n) is 18.2. The molecule has 0 heterocycles. The Balaban J connectivity index is 2.16. The molecule has 0 spiro atoms. The van der Waals surface area contributed by atoms with Gasteiger partial charge >= 0.3 is 0 Å². The minimum atomic E-state index is 0.713. The van der Waals surface area contributed by atoms with Gasteiger partial charge < -0.3 is 9.47 Å². The highest BCUT2D eigenvalue weighted by atomic mass is 16.5. The summed E-state index contributed by atoms with van der Waals surface area (Å²) in [6.45, 7) is 27.8. The van der Waals surface area contributed by atoms with Crippen LogP contribution >= 0.6 is 0 Å². The zero-order valence-electron chi connectivity index (χ0n) is 35.2. The van der Waals surface area contributed by atoms with Crippen LogP contribution < -0.4 is 9.47 Å². The standard InChI is InChI=1S/C47H88O2/c1-37(2)18-12-20-39(5)22-14-24-41(7)26-16-28-43(9)32-34-48-46-31-30-45(11)47(36-46)49-35-33-44(10)29-17-27-42(8)25-15-23-40(6)21-13-19-38(3)4/h30-31,36-44H,12-29,32-35H2,1-11H3/t39-,40-,41-,42-,43?,44?/m1/s1. The molecule has 0 aliphatic heterocycles. The fourth-order valence-electron chi connectivity index (χ4n) is 7.45. The Morgan fingerprint density at radius 3 is 1.04 bits per heavy atom. The van der Waals surface area contributed by atoms with E-state index in [1.165, 1.54) is 121 Å². The lowest BCUT2D eigenvalue weighted by atomic mass is 9.91. The predicted molar refractivity (Wildman–Crippen MR) is 219 cm³/mol. The van der Waals surface area contributed by atoms with Gasteiger partial charge in [0.1, 0.15) is 11.5 Å². The summed E-state index contributed by atoms with van der Waals surface area (Å²) < 4.78 is 12.5. The zero-order chi connectivity index (χ0) is 36.4. The van der Waals surface area contributed by atoms with Crippen LogP contribution in [0.3, 0.4) is 0 Å². The van der Waals surface area contributed by atoms with Crippen molar-refractivity contribution >= 4 is 0 Å². The van der Waals surface area contributed by atoms with Crippen molar-refractivity contribution in [3.8, 4) is 11.5 Å². The molecule has 49 heavy (non-hydrogen) atoms. The molecule has 2 heteroatoms. The Bertz CT molecular complexity index is 890. The van der Waals surface area contributed by atoms with Crippen molar-refractivity contribution in [3.63, 3.8) is 0 Å². The molecule has 2 nitrogen and oxygen atoms in total. The first-order chi connectivity index (χ1) is 23.3. The van der Waals surface area contributed by atoms with Crippen molar-refractivity contribution in [1.82, 2.24) is 0 Å². The van der Waals surface area contributed by atoms with E-state index in [0.717, 1.165) is 73.1 Å². The van der Waals surface area contributed by atoms with Crippen molar-refractivity contribution in [2.75, 3.05) is 13.2 Å². The lowest BCUT2D eigenvalue weighted by molar-refractivity contribution is 0.262. The van der Waals surface area contributed by atoms with Crippen LogP contribution in [-0.4, -0.2) is 13.2 Å². The molecule has 0 fully saturated rings. The van der Waals surface area contributed by atoms with Gasteiger partial charge in [-0.25, -0.2) is 0 Å². The van der Waals surface area contributed by atoms with Crippen LogP contribution in [0.15, 0.2) is 18.2 Å². The summed E-state index contributed by atoms with van der Waals surface area (Å²) in [7, 11) is 0. The van der Waals surface area contributed by atoms with Crippen molar-refractivity contribution in [1.29, 1.82) is 0 Å². The van der Waals surface area contributed by atoms with E-state index in [0.29, 0.717) is 11.8 Å². The topological polar surface area (TPSA) is 18.5 Å². The first-order valence-corrected chi connectivity index (χ1v) is 21.7. The van der Waals surface area contributed by atoms with Gasteiger partial charge in [0, 0.05) is 6.07 Å². The molecule has 0 N–H and O–H groups in total. The molecule has 1 rings (SSSR count). The number of ether oxygens (including phenoxy) is 2. The van der Waals surface area contributed by atoms with Crippen LogP contribution in [0.5, 0.6) is 11.5 Å². The summed E-state index contributed by atoms with van der Waals surface area (Å²) in [5.74, 6) is 8.60. The summed E-state index contributed by atoms with van der Waals surface area (Å²) in [5, 5.41) is 0. The van der Waals surface area contributed by atoms with Crippen LogP contribution in [0, 0.1) is 54.3 Å². The van der Waals surface area contributed by atoms with E-state index in [9.17, 15) is 0 Å². The Morgan fingerprint density at radius 1 is 0.388 bits per heavy atom. The Hall–Kier alpha value is -1.18. The first-order valence-electron chi connectivity index (χ1n) is 21.7. The molecule has 0 saturated heterocycles.